The highest BCUT2D eigenvalue weighted by atomic mass is 35.5. The van der Waals surface area contributed by atoms with Crippen molar-refractivity contribution < 1.29 is 9.53 Å². The first-order valence-electron chi connectivity index (χ1n) is 8.90. The molecule has 0 N–H and O–H groups in total. The number of benzene rings is 1. The van der Waals surface area contributed by atoms with Crippen molar-refractivity contribution in [3.63, 3.8) is 0 Å². The van der Waals surface area contributed by atoms with Crippen LogP contribution in [0.5, 0.6) is 5.75 Å². The van der Waals surface area contributed by atoms with E-state index in [-0.39, 0.29) is 11.4 Å². The van der Waals surface area contributed by atoms with Crippen LogP contribution in [0.25, 0.3) is 0 Å². The Kier molecular flexibility index (Phi) is 5.31. The molecule has 6 heteroatoms. The Morgan fingerprint density at radius 1 is 1.42 bits per heavy atom. The van der Waals surface area contributed by atoms with Gasteiger partial charge in [0.05, 0.1) is 12.7 Å². The Bertz CT molecular complexity index is 892. The highest BCUT2D eigenvalue weighted by Crippen LogP contribution is 2.48. The molecular weight excluding hydrogens is 368 g/mol. The van der Waals surface area contributed by atoms with Crippen molar-refractivity contribution in [2.45, 2.75) is 52.0 Å². The van der Waals surface area contributed by atoms with Crippen molar-refractivity contribution in [2.24, 2.45) is 10.9 Å². The van der Waals surface area contributed by atoms with Gasteiger partial charge in [-0.05, 0) is 68.8 Å². The van der Waals surface area contributed by atoms with Crippen molar-refractivity contribution >= 4 is 29.0 Å². The third kappa shape index (κ3) is 3.89. The van der Waals surface area contributed by atoms with Gasteiger partial charge in [0.2, 0.25) is 0 Å². The van der Waals surface area contributed by atoms with E-state index in [0.717, 1.165) is 11.1 Å². The van der Waals surface area contributed by atoms with Crippen LogP contribution in [0.1, 0.15) is 62.4 Å². The summed E-state index contributed by atoms with van der Waals surface area (Å²) in [6.07, 6.45) is 4.51. The molecule has 3 rings (SSSR count). The zero-order valence-electron chi connectivity index (χ0n) is 15.9. The normalized spacial score (nSPS) is 20.3. The van der Waals surface area contributed by atoms with Gasteiger partial charge in [-0.3, -0.25) is 8.75 Å². The SMILES string of the molecule is CCC1CC1c1cn(C(C)(C)C)s/c1=N\C(=O)c1cc(Cl)ccc1OC. The molecular formula is C20H25ClN2O2S. The van der Waals surface area contributed by atoms with Gasteiger partial charge in [-0.1, -0.05) is 24.9 Å². The van der Waals surface area contributed by atoms with Crippen LogP contribution < -0.4 is 9.41 Å². The van der Waals surface area contributed by atoms with Gasteiger partial charge in [0.25, 0.3) is 5.91 Å². The second kappa shape index (κ2) is 7.20. The molecule has 1 amide bonds. The lowest BCUT2D eigenvalue weighted by atomic mass is 10.1. The van der Waals surface area contributed by atoms with Crippen LogP contribution in [0.4, 0.5) is 0 Å². The largest absolute Gasteiger partial charge is 0.496 e. The summed E-state index contributed by atoms with van der Waals surface area (Å²) < 4.78 is 8.29. The molecule has 2 unspecified atom stereocenters. The van der Waals surface area contributed by atoms with Crippen molar-refractivity contribution in [1.29, 1.82) is 0 Å². The first-order valence-corrected chi connectivity index (χ1v) is 10.1. The third-order valence-electron chi connectivity index (χ3n) is 4.79. The number of amides is 1. The fourth-order valence-corrected chi connectivity index (χ4v) is 4.33. The van der Waals surface area contributed by atoms with Crippen LogP contribution in [-0.2, 0) is 5.54 Å². The van der Waals surface area contributed by atoms with Gasteiger partial charge in [-0.2, -0.15) is 4.99 Å². The minimum atomic E-state index is -0.317. The van der Waals surface area contributed by atoms with Gasteiger partial charge in [-0.25, -0.2) is 0 Å². The molecule has 1 aromatic carbocycles. The molecule has 1 aliphatic rings. The molecule has 0 aliphatic heterocycles. The maximum Gasteiger partial charge on any atom is 0.282 e. The first kappa shape index (κ1) is 19.2. The fourth-order valence-electron chi connectivity index (χ4n) is 3.10. The molecule has 1 aromatic heterocycles. The predicted molar refractivity (Wildman–Crippen MR) is 106 cm³/mol. The zero-order valence-corrected chi connectivity index (χ0v) is 17.4. The third-order valence-corrected chi connectivity index (χ3v) is 6.38. The number of methoxy groups -OCH3 is 1. The average molecular weight is 393 g/mol. The molecule has 1 heterocycles. The van der Waals surface area contributed by atoms with Crippen molar-refractivity contribution in [3.8, 4) is 5.75 Å². The lowest BCUT2D eigenvalue weighted by molar-refractivity contribution is 0.0996. The quantitative estimate of drug-likeness (QED) is 0.715. The van der Waals surface area contributed by atoms with Crippen LogP contribution in [-0.4, -0.2) is 17.0 Å². The minimum absolute atomic E-state index is 0.0411. The van der Waals surface area contributed by atoms with Gasteiger partial charge in [-0.15, -0.1) is 0 Å². The smallest absolute Gasteiger partial charge is 0.282 e. The number of ether oxygens (including phenoxy) is 1. The Morgan fingerprint density at radius 2 is 2.15 bits per heavy atom. The number of halogens is 1. The molecule has 1 fully saturated rings. The van der Waals surface area contributed by atoms with E-state index in [1.54, 1.807) is 36.8 Å². The Balaban J connectivity index is 2.06. The maximum absolute atomic E-state index is 12.8. The van der Waals surface area contributed by atoms with Crippen molar-refractivity contribution in [1.82, 2.24) is 3.96 Å². The second-order valence-electron chi connectivity index (χ2n) is 7.75. The summed E-state index contributed by atoms with van der Waals surface area (Å²) >= 11 is 7.61. The zero-order chi connectivity index (χ0) is 19.1. The fraction of sp³-hybridized carbons (Fsp3) is 0.500. The molecule has 2 aromatic rings. The molecule has 4 nitrogen and oxygen atoms in total. The van der Waals surface area contributed by atoms with Gasteiger partial charge in [0.15, 0.2) is 0 Å². The summed E-state index contributed by atoms with van der Waals surface area (Å²) in [6, 6.07) is 5.02. The molecule has 1 saturated carbocycles. The maximum atomic E-state index is 12.8. The van der Waals surface area contributed by atoms with E-state index in [1.807, 2.05) is 0 Å². The predicted octanol–water partition coefficient (Wildman–Crippen LogP) is 5.22. The summed E-state index contributed by atoms with van der Waals surface area (Å²) in [4.78, 5) is 17.3. The Hall–Kier alpha value is -1.59. The number of hydrogen-bond acceptors (Lipinski definition) is 3. The van der Waals surface area contributed by atoms with Crippen LogP contribution in [0.2, 0.25) is 5.02 Å². The van der Waals surface area contributed by atoms with Crippen LogP contribution in [0, 0.1) is 5.92 Å². The topological polar surface area (TPSA) is 43.6 Å². The lowest BCUT2D eigenvalue weighted by Gasteiger charge is -2.19. The Labute approximate surface area is 163 Å². The van der Waals surface area contributed by atoms with E-state index in [0.29, 0.717) is 28.2 Å². The number of aromatic nitrogens is 1. The van der Waals surface area contributed by atoms with Gasteiger partial charge < -0.3 is 4.74 Å². The molecule has 0 spiro atoms. The first-order chi connectivity index (χ1) is 12.2. The van der Waals surface area contributed by atoms with E-state index in [2.05, 4.69) is 42.8 Å². The van der Waals surface area contributed by atoms with Crippen LogP contribution in [0.3, 0.4) is 0 Å². The number of nitrogens with zero attached hydrogens (tertiary/aromatic N) is 2. The monoisotopic (exact) mass is 392 g/mol. The molecule has 26 heavy (non-hydrogen) atoms. The Morgan fingerprint density at radius 3 is 2.73 bits per heavy atom. The van der Waals surface area contributed by atoms with E-state index in [1.165, 1.54) is 12.0 Å². The number of rotatable bonds is 4. The van der Waals surface area contributed by atoms with Crippen LogP contribution >= 0.6 is 23.1 Å². The van der Waals surface area contributed by atoms with Crippen molar-refractivity contribution in [2.75, 3.05) is 7.11 Å². The number of hydrogen-bond donors (Lipinski definition) is 0. The summed E-state index contributed by atoms with van der Waals surface area (Å²) in [5.74, 6) is 1.38. The molecule has 140 valence electrons. The highest BCUT2D eigenvalue weighted by molar-refractivity contribution is 7.04. The van der Waals surface area contributed by atoms with Crippen LogP contribution in [0.15, 0.2) is 29.4 Å². The lowest BCUT2D eigenvalue weighted by Crippen LogP contribution is -2.18. The standard InChI is InChI=1S/C20H25ClN2O2S/c1-6-12-9-14(12)16-11-23(20(2,3)4)26-19(16)22-18(24)15-10-13(21)7-8-17(15)25-5/h7-8,10-12,14H,6,9H2,1-5H3/b22-19-. The summed E-state index contributed by atoms with van der Waals surface area (Å²) in [5, 5.41) is 0.494. The van der Waals surface area contributed by atoms with E-state index in [9.17, 15) is 4.79 Å². The average Bonchev–Trinajstić information content (AvgIpc) is 3.25. The summed E-state index contributed by atoms with van der Waals surface area (Å²) in [5.41, 5.74) is 1.54. The number of carbonyl (C=O) groups excluding carboxylic acids is 1. The minimum Gasteiger partial charge on any atom is -0.496 e. The van der Waals surface area contributed by atoms with Crippen molar-refractivity contribution in [3.05, 3.63) is 45.2 Å². The van der Waals surface area contributed by atoms with Gasteiger partial charge in [0.1, 0.15) is 10.4 Å². The van der Waals surface area contributed by atoms with E-state index in [4.69, 9.17) is 16.3 Å². The summed E-state index contributed by atoms with van der Waals surface area (Å²) in [6.45, 7) is 8.68. The second-order valence-corrected chi connectivity index (χ2v) is 9.15. The molecule has 0 bridgehead atoms. The molecule has 2 atom stereocenters. The highest BCUT2D eigenvalue weighted by Gasteiger charge is 2.39. The number of carbonyl (C=O) groups is 1. The van der Waals surface area contributed by atoms with Gasteiger partial charge in [0, 0.05) is 22.3 Å². The summed E-state index contributed by atoms with van der Waals surface area (Å²) in [7, 11) is 1.54. The van der Waals surface area contributed by atoms with Gasteiger partial charge >= 0.3 is 0 Å². The van der Waals surface area contributed by atoms with E-state index >= 15 is 0 Å². The molecule has 0 radical (unpaired) electrons. The van der Waals surface area contributed by atoms with E-state index < -0.39 is 0 Å². The molecule has 0 saturated heterocycles. The molecule has 1 aliphatic carbocycles.